The van der Waals surface area contributed by atoms with Gasteiger partial charge in [0.05, 0.1) is 11.8 Å². The summed E-state index contributed by atoms with van der Waals surface area (Å²) in [6.07, 6.45) is 3.48. The minimum atomic E-state index is 0.197. The van der Waals surface area contributed by atoms with Gasteiger partial charge in [-0.1, -0.05) is 30.3 Å². The third kappa shape index (κ3) is 4.19. The molecule has 1 unspecified atom stereocenters. The molecule has 0 radical (unpaired) electrons. The lowest BCUT2D eigenvalue weighted by molar-refractivity contribution is 0.502. The number of rotatable bonds is 7. The van der Waals surface area contributed by atoms with Crippen molar-refractivity contribution in [3.63, 3.8) is 0 Å². The molecule has 1 aromatic carbocycles. The largest absolute Gasteiger partial charge is 0.306 e. The van der Waals surface area contributed by atoms with Crippen LogP contribution in [0.15, 0.2) is 36.5 Å². The molecule has 116 valence electrons. The Bertz CT molecular complexity index is 622. The van der Waals surface area contributed by atoms with Gasteiger partial charge in [0.15, 0.2) is 0 Å². The first-order valence-electron chi connectivity index (χ1n) is 7.81. The predicted molar refractivity (Wildman–Crippen MR) is 88.2 cm³/mol. The summed E-state index contributed by atoms with van der Waals surface area (Å²) in [6.45, 7) is 7.07. The van der Waals surface area contributed by atoms with Gasteiger partial charge in [-0.3, -0.25) is 4.68 Å². The molecule has 0 aliphatic carbocycles. The van der Waals surface area contributed by atoms with E-state index in [-0.39, 0.29) is 6.04 Å². The van der Waals surface area contributed by atoms with Crippen molar-refractivity contribution in [2.45, 2.75) is 52.2 Å². The molecule has 0 aliphatic rings. The van der Waals surface area contributed by atoms with Crippen LogP contribution in [-0.2, 0) is 6.54 Å². The van der Waals surface area contributed by atoms with Crippen molar-refractivity contribution in [2.75, 3.05) is 0 Å². The van der Waals surface area contributed by atoms with E-state index < -0.39 is 0 Å². The number of nitriles is 1. The zero-order valence-electron chi connectivity index (χ0n) is 13.6. The number of benzene rings is 1. The summed E-state index contributed by atoms with van der Waals surface area (Å²) in [7, 11) is 0. The Labute approximate surface area is 132 Å². The highest BCUT2D eigenvalue weighted by atomic mass is 15.3. The van der Waals surface area contributed by atoms with Gasteiger partial charge in [0.2, 0.25) is 0 Å². The first-order chi connectivity index (χ1) is 10.6. The Morgan fingerprint density at radius 3 is 2.59 bits per heavy atom. The van der Waals surface area contributed by atoms with Crippen LogP contribution >= 0.6 is 0 Å². The maximum absolute atomic E-state index is 8.86. The molecular formula is C18H24N4. The highest BCUT2D eigenvalue weighted by molar-refractivity contribution is 5.20. The lowest BCUT2D eigenvalue weighted by atomic mass is 10.0. The maximum atomic E-state index is 8.86. The molecule has 1 N–H and O–H groups in total. The van der Waals surface area contributed by atoms with Gasteiger partial charge in [-0.05, 0) is 32.8 Å². The van der Waals surface area contributed by atoms with E-state index in [2.05, 4.69) is 48.7 Å². The molecule has 0 amide bonds. The minimum Gasteiger partial charge on any atom is -0.306 e. The first kappa shape index (κ1) is 16.3. The maximum Gasteiger partial charge on any atom is 0.0638 e. The van der Waals surface area contributed by atoms with Crippen molar-refractivity contribution >= 4 is 0 Å². The second-order valence-electron chi connectivity index (χ2n) is 5.85. The van der Waals surface area contributed by atoms with Gasteiger partial charge < -0.3 is 5.32 Å². The van der Waals surface area contributed by atoms with Gasteiger partial charge in [-0.2, -0.15) is 10.4 Å². The number of nitrogens with one attached hydrogen (secondary N) is 1. The van der Waals surface area contributed by atoms with Crippen LogP contribution in [0.1, 0.15) is 55.6 Å². The van der Waals surface area contributed by atoms with E-state index in [1.54, 1.807) is 0 Å². The highest BCUT2D eigenvalue weighted by Crippen LogP contribution is 2.19. The van der Waals surface area contributed by atoms with Gasteiger partial charge >= 0.3 is 0 Å². The summed E-state index contributed by atoms with van der Waals surface area (Å²) in [6, 6.07) is 13.1. The topological polar surface area (TPSA) is 53.6 Å². The average molecular weight is 296 g/mol. The normalized spacial score (nSPS) is 12.3. The molecule has 4 heteroatoms. The lowest BCUT2D eigenvalue weighted by Crippen LogP contribution is -2.21. The lowest BCUT2D eigenvalue weighted by Gasteiger charge is -2.18. The Kier molecular flexibility index (Phi) is 5.74. The quantitative estimate of drug-likeness (QED) is 0.843. The van der Waals surface area contributed by atoms with Crippen LogP contribution in [0.3, 0.4) is 0 Å². The second-order valence-corrected chi connectivity index (χ2v) is 5.85. The number of aromatic nitrogens is 2. The Hall–Kier alpha value is -2.12. The first-order valence-corrected chi connectivity index (χ1v) is 7.81. The van der Waals surface area contributed by atoms with E-state index in [9.17, 15) is 0 Å². The van der Waals surface area contributed by atoms with Crippen molar-refractivity contribution in [3.05, 3.63) is 53.3 Å². The molecule has 22 heavy (non-hydrogen) atoms. The van der Waals surface area contributed by atoms with Crippen LogP contribution in [0.5, 0.6) is 0 Å². The molecule has 0 spiro atoms. The van der Waals surface area contributed by atoms with Crippen LogP contribution < -0.4 is 5.32 Å². The van der Waals surface area contributed by atoms with Gasteiger partial charge in [0.1, 0.15) is 0 Å². The number of nitrogens with zero attached hydrogens (tertiary/aromatic N) is 3. The van der Waals surface area contributed by atoms with E-state index >= 15 is 0 Å². The molecule has 2 aromatic rings. The van der Waals surface area contributed by atoms with Gasteiger partial charge in [0, 0.05) is 36.8 Å². The SMILES string of the molecule is Cc1nn(C(C)C)cc1CNC(CCC#N)c1ccccc1. The Morgan fingerprint density at radius 1 is 1.27 bits per heavy atom. The molecule has 2 rings (SSSR count). The van der Waals surface area contributed by atoms with Crippen molar-refractivity contribution in [3.8, 4) is 6.07 Å². The molecule has 0 fully saturated rings. The van der Waals surface area contributed by atoms with Crippen molar-refractivity contribution in [1.29, 1.82) is 5.26 Å². The summed E-state index contributed by atoms with van der Waals surface area (Å²) in [5.74, 6) is 0. The summed E-state index contributed by atoms with van der Waals surface area (Å²) >= 11 is 0. The molecule has 4 nitrogen and oxygen atoms in total. The second kappa shape index (κ2) is 7.77. The average Bonchev–Trinajstić information content (AvgIpc) is 2.90. The fourth-order valence-electron chi connectivity index (χ4n) is 2.47. The minimum absolute atomic E-state index is 0.197. The van der Waals surface area contributed by atoms with E-state index in [1.165, 1.54) is 11.1 Å². The van der Waals surface area contributed by atoms with Crippen LogP contribution in [0.4, 0.5) is 0 Å². The Morgan fingerprint density at radius 2 is 2.00 bits per heavy atom. The van der Waals surface area contributed by atoms with Crippen LogP contribution in [0.2, 0.25) is 0 Å². The zero-order chi connectivity index (χ0) is 15.9. The van der Waals surface area contributed by atoms with Crippen molar-refractivity contribution in [1.82, 2.24) is 15.1 Å². The van der Waals surface area contributed by atoms with E-state index in [0.29, 0.717) is 12.5 Å². The van der Waals surface area contributed by atoms with E-state index in [0.717, 1.165) is 18.7 Å². The fraction of sp³-hybridized carbons (Fsp3) is 0.444. The monoisotopic (exact) mass is 296 g/mol. The standard InChI is InChI=1S/C18H24N4/c1-14(2)22-13-17(15(3)21-22)12-20-18(10-7-11-19)16-8-5-4-6-9-16/h4-6,8-9,13-14,18,20H,7,10,12H2,1-3H3. The molecular weight excluding hydrogens is 272 g/mol. The molecule has 1 aromatic heterocycles. The van der Waals surface area contributed by atoms with Gasteiger partial charge in [0.25, 0.3) is 0 Å². The summed E-state index contributed by atoms with van der Waals surface area (Å²) in [5, 5.41) is 17.0. The third-order valence-corrected chi connectivity index (χ3v) is 3.83. The van der Waals surface area contributed by atoms with Crippen molar-refractivity contribution < 1.29 is 0 Å². The third-order valence-electron chi connectivity index (χ3n) is 3.83. The molecule has 0 saturated carbocycles. The van der Waals surface area contributed by atoms with Gasteiger partial charge in [-0.15, -0.1) is 0 Å². The number of hydrogen-bond donors (Lipinski definition) is 1. The van der Waals surface area contributed by atoms with Crippen LogP contribution in [-0.4, -0.2) is 9.78 Å². The molecule has 0 saturated heterocycles. The number of hydrogen-bond acceptors (Lipinski definition) is 3. The van der Waals surface area contributed by atoms with E-state index in [1.807, 2.05) is 29.8 Å². The molecule has 1 heterocycles. The highest BCUT2D eigenvalue weighted by Gasteiger charge is 2.13. The predicted octanol–water partition coefficient (Wildman–Crippen LogP) is 3.91. The molecule has 0 aliphatic heterocycles. The summed E-state index contributed by atoms with van der Waals surface area (Å²) < 4.78 is 2.00. The molecule has 1 atom stereocenters. The smallest absolute Gasteiger partial charge is 0.0638 e. The van der Waals surface area contributed by atoms with Crippen molar-refractivity contribution in [2.24, 2.45) is 0 Å². The van der Waals surface area contributed by atoms with E-state index in [4.69, 9.17) is 5.26 Å². The van der Waals surface area contributed by atoms with Crippen LogP contribution in [0, 0.1) is 18.3 Å². The Balaban J connectivity index is 2.07. The zero-order valence-corrected chi connectivity index (χ0v) is 13.6. The summed E-state index contributed by atoms with van der Waals surface area (Å²) in [4.78, 5) is 0. The van der Waals surface area contributed by atoms with Gasteiger partial charge in [-0.25, -0.2) is 0 Å². The fourth-order valence-corrected chi connectivity index (χ4v) is 2.47. The number of aryl methyl sites for hydroxylation is 1. The van der Waals surface area contributed by atoms with Crippen LogP contribution in [0.25, 0.3) is 0 Å². The molecule has 0 bridgehead atoms. The summed E-state index contributed by atoms with van der Waals surface area (Å²) in [5.41, 5.74) is 3.51.